The third-order valence-electron chi connectivity index (χ3n) is 5.35. The predicted octanol–water partition coefficient (Wildman–Crippen LogP) is 2.94. The molecular formula is C20H25N3O3S. The van der Waals surface area contributed by atoms with Gasteiger partial charge in [0.15, 0.2) is 0 Å². The molecule has 2 aliphatic heterocycles. The number of ether oxygens (including phenoxy) is 2. The van der Waals surface area contributed by atoms with E-state index in [1.807, 2.05) is 36.6 Å². The van der Waals surface area contributed by atoms with Gasteiger partial charge in [0.2, 0.25) is 5.91 Å². The number of carbonyl (C=O) groups is 1. The Morgan fingerprint density at radius 1 is 1.52 bits per heavy atom. The number of benzene rings is 1. The molecule has 2 aliphatic rings. The van der Waals surface area contributed by atoms with E-state index in [0.717, 1.165) is 54.5 Å². The lowest BCUT2D eigenvalue weighted by atomic mass is 9.97. The van der Waals surface area contributed by atoms with Gasteiger partial charge in [0.1, 0.15) is 5.60 Å². The summed E-state index contributed by atoms with van der Waals surface area (Å²) in [5.74, 6) is -0.0218. The molecular weight excluding hydrogens is 362 g/mol. The molecule has 0 aliphatic carbocycles. The average molecular weight is 388 g/mol. The maximum absolute atomic E-state index is 12.6. The maximum atomic E-state index is 12.6. The number of likely N-dealkylation sites (tertiary alicyclic amines) is 1. The maximum Gasteiger partial charge on any atom is 0.238 e. The molecule has 144 valence electrons. The van der Waals surface area contributed by atoms with Gasteiger partial charge in [0.05, 0.1) is 23.4 Å². The van der Waals surface area contributed by atoms with E-state index in [2.05, 4.69) is 15.2 Å². The number of thiazole rings is 1. The molecule has 3 heterocycles. The summed E-state index contributed by atoms with van der Waals surface area (Å²) >= 11 is 1.62. The van der Waals surface area contributed by atoms with Crippen molar-refractivity contribution in [3.8, 4) is 11.3 Å². The van der Waals surface area contributed by atoms with E-state index in [4.69, 9.17) is 9.47 Å². The number of amides is 1. The Morgan fingerprint density at radius 3 is 3.11 bits per heavy atom. The number of aryl methyl sites for hydroxylation is 1. The van der Waals surface area contributed by atoms with Gasteiger partial charge in [-0.1, -0.05) is 12.1 Å². The highest BCUT2D eigenvalue weighted by Crippen LogP contribution is 2.36. The summed E-state index contributed by atoms with van der Waals surface area (Å²) in [5, 5.41) is 6.08. The van der Waals surface area contributed by atoms with E-state index in [1.54, 1.807) is 18.4 Å². The van der Waals surface area contributed by atoms with Gasteiger partial charge in [-0.2, -0.15) is 0 Å². The van der Waals surface area contributed by atoms with E-state index in [1.165, 1.54) is 0 Å². The molecule has 0 bridgehead atoms. The highest BCUT2D eigenvalue weighted by molar-refractivity contribution is 7.09. The zero-order chi connectivity index (χ0) is 18.9. The molecule has 1 spiro atoms. The van der Waals surface area contributed by atoms with Gasteiger partial charge in [-0.25, -0.2) is 4.98 Å². The largest absolute Gasteiger partial charge is 0.377 e. The van der Waals surface area contributed by atoms with Crippen molar-refractivity contribution in [2.24, 2.45) is 0 Å². The lowest BCUT2D eigenvalue weighted by molar-refractivity contribution is -0.117. The third kappa shape index (κ3) is 3.91. The molecule has 0 unspecified atom stereocenters. The summed E-state index contributed by atoms with van der Waals surface area (Å²) in [6.07, 6.45) is 2.09. The van der Waals surface area contributed by atoms with E-state index >= 15 is 0 Å². The van der Waals surface area contributed by atoms with Gasteiger partial charge >= 0.3 is 0 Å². The van der Waals surface area contributed by atoms with Crippen LogP contribution in [0.4, 0.5) is 5.69 Å². The molecule has 2 saturated heterocycles. The van der Waals surface area contributed by atoms with Gasteiger partial charge in [-0.05, 0) is 31.9 Å². The van der Waals surface area contributed by atoms with Crippen molar-refractivity contribution in [1.29, 1.82) is 0 Å². The number of nitrogens with one attached hydrogen (secondary N) is 1. The molecule has 1 N–H and O–H groups in total. The van der Waals surface area contributed by atoms with E-state index in [9.17, 15) is 4.79 Å². The Balaban J connectivity index is 1.39. The van der Waals surface area contributed by atoms with Crippen LogP contribution in [0.15, 0.2) is 29.6 Å². The predicted molar refractivity (Wildman–Crippen MR) is 106 cm³/mol. The van der Waals surface area contributed by atoms with Crippen molar-refractivity contribution in [3.05, 3.63) is 34.7 Å². The van der Waals surface area contributed by atoms with Crippen molar-refractivity contribution in [2.45, 2.75) is 31.5 Å². The number of rotatable bonds is 5. The van der Waals surface area contributed by atoms with Gasteiger partial charge in [0.25, 0.3) is 0 Å². The van der Waals surface area contributed by atoms with Crippen LogP contribution in [0, 0.1) is 6.92 Å². The summed E-state index contributed by atoms with van der Waals surface area (Å²) in [4.78, 5) is 19.2. The minimum absolute atomic E-state index is 0.0218. The molecule has 0 saturated carbocycles. The molecule has 2 aromatic rings. The fourth-order valence-corrected chi connectivity index (χ4v) is 4.73. The van der Waals surface area contributed by atoms with Crippen molar-refractivity contribution >= 4 is 22.9 Å². The Labute approximate surface area is 163 Å². The summed E-state index contributed by atoms with van der Waals surface area (Å²) in [6.45, 7) is 4.58. The van der Waals surface area contributed by atoms with Crippen LogP contribution in [0.3, 0.4) is 0 Å². The van der Waals surface area contributed by atoms with Crippen LogP contribution in [0.25, 0.3) is 11.3 Å². The Hall–Kier alpha value is -1.80. The molecule has 7 heteroatoms. The molecule has 0 radical (unpaired) electrons. The number of hydrogen-bond acceptors (Lipinski definition) is 6. The summed E-state index contributed by atoms with van der Waals surface area (Å²) in [7, 11) is 1.73. The Kier molecular flexibility index (Phi) is 5.27. The first kappa shape index (κ1) is 18.6. The first-order valence-electron chi connectivity index (χ1n) is 9.29. The lowest BCUT2D eigenvalue weighted by Gasteiger charge is -2.28. The zero-order valence-electron chi connectivity index (χ0n) is 15.7. The molecule has 2 fully saturated rings. The van der Waals surface area contributed by atoms with Crippen LogP contribution in [-0.4, -0.2) is 60.8 Å². The topological polar surface area (TPSA) is 63.7 Å². The van der Waals surface area contributed by atoms with E-state index in [-0.39, 0.29) is 17.6 Å². The fraction of sp³-hybridized carbons (Fsp3) is 0.500. The van der Waals surface area contributed by atoms with Crippen LogP contribution in [-0.2, 0) is 14.3 Å². The molecule has 2 atom stereocenters. The van der Waals surface area contributed by atoms with Gasteiger partial charge in [0, 0.05) is 43.4 Å². The quantitative estimate of drug-likeness (QED) is 0.855. The first-order chi connectivity index (χ1) is 13.1. The fourth-order valence-electron chi connectivity index (χ4n) is 4.11. The number of methoxy groups -OCH3 is 1. The second-order valence-electron chi connectivity index (χ2n) is 7.29. The van der Waals surface area contributed by atoms with Gasteiger partial charge in [-0.3, -0.25) is 9.69 Å². The van der Waals surface area contributed by atoms with Crippen molar-refractivity contribution in [2.75, 3.05) is 38.7 Å². The van der Waals surface area contributed by atoms with Crippen LogP contribution in [0.1, 0.15) is 17.8 Å². The number of aromatic nitrogens is 1. The lowest BCUT2D eigenvalue weighted by Crippen LogP contribution is -2.42. The molecule has 27 heavy (non-hydrogen) atoms. The second-order valence-corrected chi connectivity index (χ2v) is 8.35. The van der Waals surface area contributed by atoms with Crippen LogP contribution < -0.4 is 5.32 Å². The Morgan fingerprint density at radius 2 is 2.41 bits per heavy atom. The number of nitrogens with zero attached hydrogens (tertiary/aromatic N) is 2. The van der Waals surface area contributed by atoms with Crippen molar-refractivity contribution in [1.82, 2.24) is 9.88 Å². The minimum Gasteiger partial charge on any atom is -0.377 e. The monoisotopic (exact) mass is 387 g/mol. The standard InChI is InChI=1S/C20H25N3O3S/c1-14-21-17(12-27-14)15-5-3-6-16(9-15)22-19(24)11-23-10-18(25-2)20(13-23)7-4-8-26-20/h3,5-6,9,12,18H,4,7-8,10-11,13H2,1-2H3,(H,22,24)/t18-,20-/m1/s1. The smallest absolute Gasteiger partial charge is 0.238 e. The van der Waals surface area contributed by atoms with Gasteiger partial charge < -0.3 is 14.8 Å². The normalized spacial score (nSPS) is 25.3. The average Bonchev–Trinajstić information content (AvgIpc) is 3.36. The minimum atomic E-state index is -0.239. The van der Waals surface area contributed by atoms with Crippen LogP contribution >= 0.6 is 11.3 Å². The van der Waals surface area contributed by atoms with Crippen molar-refractivity contribution in [3.63, 3.8) is 0 Å². The SMILES string of the molecule is CO[C@@H]1CN(CC(=O)Nc2cccc(-c3csc(C)n3)c2)C[C@]12CCCO2. The highest BCUT2D eigenvalue weighted by atomic mass is 32.1. The third-order valence-corrected chi connectivity index (χ3v) is 6.12. The van der Waals surface area contributed by atoms with Crippen molar-refractivity contribution < 1.29 is 14.3 Å². The molecule has 4 rings (SSSR count). The highest BCUT2D eigenvalue weighted by Gasteiger charge is 2.50. The van der Waals surface area contributed by atoms with E-state index < -0.39 is 0 Å². The first-order valence-corrected chi connectivity index (χ1v) is 10.2. The van der Waals surface area contributed by atoms with E-state index in [0.29, 0.717) is 6.54 Å². The molecule has 1 aromatic carbocycles. The Bertz CT molecular complexity index is 816. The van der Waals surface area contributed by atoms with Crippen LogP contribution in [0.2, 0.25) is 0 Å². The van der Waals surface area contributed by atoms with Crippen LogP contribution in [0.5, 0.6) is 0 Å². The zero-order valence-corrected chi connectivity index (χ0v) is 16.6. The second kappa shape index (κ2) is 7.67. The molecule has 1 amide bonds. The number of hydrogen-bond donors (Lipinski definition) is 1. The molecule has 1 aromatic heterocycles. The van der Waals surface area contributed by atoms with Gasteiger partial charge in [-0.15, -0.1) is 11.3 Å². The number of anilines is 1. The summed E-state index contributed by atoms with van der Waals surface area (Å²) in [5.41, 5.74) is 2.50. The summed E-state index contributed by atoms with van der Waals surface area (Å²) < 4.78 is 11.6. The number of carbonyl (C=O) groups excluding carboxylic acids is 1. The summed E-state index contributed by atoms with van der Waals surface area (Å²) in [6, 6.07) is 7.83. The molecule has 6 nitrogen and oxygen atoms in total.